The van der Waals surface area contributed by atoms with Crippen molar-refractivity contribution < 1.29 is 13.3 Å². The van der Waals surface area contributed by atoms with E-state index in [1.54, 1.807) is 11.0 Å². The van der Waals surface area contributed by atoms with E-state index in [1.807, 2.05) is 12.1 Å². The van der Waals surface area contributed by atoms with Crippen LogP contribution in [0.15, 0.2) is 41.3 Å². The van der Waals surface area contributed by atoms with Crippen molar-refractivity contribution in [3.8, 4) is 0 Å². The molecule has 0 unspecified atom stereocenters. The molecule has 7 nitrogen and oxygen atoms in total. The lowest BCUT2D eigenvalue weighted by molar-refractivity contribution is -0.387. The Bertz CT molecular complexity index is 930. The van der Waals surface area contributed by atoms with Crippen LogP contribution < -0.4 is 10.0 Å². The Hall–Kier alpha value is -2.16. The molecule has 0 saturated heterocycles. The molecule has 0 aliphatic carbocycles. The van der Waals surface area contributed by atoms with Crippen LogP contribution in [0.4, 0.5) is 11.4 Å². The molecule has 24 heavy (non-hydrogen) atoms. The summed E-state index contributed by atoms with van der Waals surface area (Å²) in [7, 11) is -4.20. The SMILES string of the molecule is NS(=O)(=O)c1cccc(N2CCc3c(Cl)cccc3C2)c1[N+](=O)[O-]. The highest BCUT2D eigenvalue weighted by Gasteiger charge is 2.30. The Morgan fingerprint density at radius 1 is 1.21 bits per heavy atom. The zero-order valence-electron chi connectivity index (χ0n) is 12.5. The molecule has 0 fully saturated rings. The maximum atomic E-state index is 11.7. The average molecular weight is 368 g/mol. The molecule has 0 atom stereocenters. The van der Waals surface area contributed by atoms with E-state index in [2.05, 4.69) is 0 Å². The van der Waals surface area contributed by atoms with Crippen molar-refractivity contribution in [2.24, 2.45) is 5.14 Å². The van der Waals surface area contributed by atoms with E-state index in [0.29, 0.717) is 24.5 Å². The second-order valence-corrected chi connectivity index (χ2v) is 7.41. The van der Waals surface area contributed by atoms with Gasteiger partial charge in [0, 0.05) is 18.1 Å². The smallest absolute Gasteiger partial charge is 0.312 e. The quantitative estimate of drug-likeness (QED) is 0.662. The number of para-hydroxylation sites is 1. The number of anilines is 1. The predicted octanol–water partition coefficient (Wildman–Crippen LogP) is 2.46. The van der Waals surface area contributed by atoms with Crippen LogP contribution in [0, 0.1) is 10.1 Å². The van der Waals surface area contributed by atoms with E-state index >= 15 is 0 Å². The summed E-state index contributed by atoms with van der Waals surface area (Å²) < 4.78 is 23.3. The first-order chi connectivity index (χ1) is 11.3. The minimum Gasteiger partial charge on any atom is -0.361 e. The number of rotatable bonds is 3. The first-order valence-corrected chi connectivity index (χ1v) is 9.03. The van der Waals surface area contributed by atoms with Gasteiger partial charge in [-0.2, -0.15) is 0 Å². The van der Waals surface area contributed by atoms with Gasteiger partial charge in [-0.05, 0) is 35.7 Å². The Kier molecular flexibility index (Phi) is 4.20. The van der Waals surface area contributed by atoms with Crippen molar-refractivity contribution in [3.05, 3.63) is 62.7 Å². The lowest BCUT2D eigenvalue weighted by atomic mass is 9.99. The van der Waals surface area contributed by atoms with Gasteiger partial charge in [0.25, 0.3) is 0 Å². The monoisotopic (exact) mass is 367 g/mol. The van der Waals surface area contributed by atoms with Gasteiger partial charge in [-0.15, -0.1) is 0 Å². The molecule has 2 N–H and O–H groups in total. The molecule has 0 saturated carbocycles. The van der Waals surface area contributed by atoms with Gasteiger partial charge in [-0.25, -0.2) is 13.6 Å². The van der Waals surface area contributed by atoms with Gasteiger partial charge < -0.3 is 4.90 Å². The summed E-state index contributed by atoms with van der Waals surface area (Å²) in [6.07, 6.45) is 0.617. The number of nitro benzene ring substituents is 1. The van der Waals surface area contributed by atoms with E-state index in [1.165, 1.54) is 12.1 Å². The molecule has 0 bridgehead atoms. The number of benzene rings is 2. The normalized spacial score (nSPS) is 14.3. The highest BCUT2D eigenvalue weighted by atomic mass is 35.5. The molecular weight excluding hydrogens is 354 g/mol. The minimum atomic E-state index is -4.20. The first kappa shape index (κ1) is 16.7. The Morgan fingerprint density at radius 3 is 2.58 bits per heavy atom. The molecule has 1 heterocycles. The summed E-state index contributed by atoms with van der Waals surface area (Å²) in [6.45, 7) is 0.899. The van der Waals surface area contributed by atoms with Crippen molar-refractivity contribution in [2.45, 2.75) is 17.9 Å². The van der Waals surface area contributed by atoms with E-state index < -0.39 is 25.5 Å². The van der Waals surface area contributed by atoms with E-state index in [-0.39, 0.29) is 5.69 Å². The van der Waals surface area contributed by atoms with Gasteiger partial charge >= 0.3 is 5.69 Å². The van der Waals surface area contributed by atoms with E-state index in [4.69, 9.17) is 16.7 Å². The van der Waals surface area contributed by atoms with Gasteiger partial charge in [-0.1, -0.05) is 29.8 Å². The zero-order chi connectivity index (χ0) is 17.5. The summed E-state index contributed by atoms with van der Waals surface area (Å²) in [4.78, 5) is 12.0. The van der Waals surface area contributed by atoms with Gasteiger partial charge in [0.05, 0.1) is 4.92 Å². The summed E-state index contributed by atoms with van der Waals surface area (Å²) in [6, 6.07) is 9.66. The van der Waals surface area contributed by atoms with Crippen LogP contribution in [0.2, 0.25) is 5.02 Å². The number of hydrogen-bond acceptors (Lipinski definition) is 5. The van der Waals surface area contributed by atoms with Crippen molar-refractivity contribution in [3.63, 3.8) is 0 Å². The molecular formula is C15H14ClN3O4S. The van der Waals surface area contributed by atoms with Crippen molar-refractivity contribution in [2.75, 3.05) is 11.4 Å². The minimum absolute atomic E-state index is 0.233. The maximum Gasteiger partial charge on any atom is 0.312 e. The summed E-state index contributed by atoms with van der Waals surface area (Å²) in [5.74, 6) is 0. The Balaban J connectivity index is 2.10. The molecule has 0 radical (unpaired) electrons. The van der Waals surface area contributed by atoms with Crippen LogP contribution in [0.25, 0.3) is 0 Å². The number of sulfonamides is 1. The number of nitrogens with two attached hydrogens (primary N) is 1. The summed E-state index contributed by atoms with van der Waals surface area (Å²) >= 11 is 6.18. The fourth-order valence-corrected chi connectivity index (χ4v) is 3.95. The second kappa shape index (κ2) is 6.04. The lowest BCUT2D eigenvalue weighted by Crippen LogP contribution is -2.31. The fraction of sp³-hybridized carbons (Fsp3) is 0.200. The van der Waals surface area contributed by atoms with Gasteiger partial charge in [0.15, 0.2) is 4.90 Å². The molecule has 0 amide bonds. The predicted molar refractivity (Wildman–Crippen MR) is 90.7 cm³/mol. The highest BCUT2D eigenvalue weighted by molar-refractivity contribution is 7.89. The number of hydrogen-bond donors (Lipinski definition) is 1. The largest absolute Gasteiger partial charge is 0.361 e. The lowest BCUT2D eigenvalue weighted by Gasteiger charge is -2.31. The van der Waals surface area contributed by atoms with Crippen LogP contribution >= 0.6 is 11.6 Å². The summed E-state index contributed by atoms with van der Waals surface area (Å²) in [5.41, 5.74) is 1.72. The van der Waals surface area contributed by atoms with Crippen LogP contribution in [0.5, 0.6) is 0 Å². The summed E-state index contributed by atoms with van der Waals surface area (Å²) in [5, 5.41) is 17.3. The van der Waals surface area contributed by atoms with Gasteiger partial charge in [-0.3, -0.25) is 10.1 Å². The van der Waals surface area contributed by atoms with Gasteiger partial charge in [0.2, 0.25) is 10.0 Å². The standard InChI is InChI=1S/C15H14ClN3O4S/c16-12-4-1-3-10-9-18(8-7-11(10)12)13-5-2-6-14(24(17,22)23)15(13)19(20)21/h1-6H,7-9H2,(H2,17,22,23). The number of fused-ring (bicyclic) bond motifs is 1. The average Bonchev–Trinajstić information content (AvgIpc) is 2.53. The third-order valence-corrected chi connectivity index (χ3v) is 5.31. The number of nitrogens with zero attached hydrogens (tertiary/aromatic N) is 2. The molecule has 2 aromatic carbocycles. The second-order valence-electron chi connectivity index (χ2n) is 5.48. The molecule has 126 valence electrons. The first-order valence-electron chi connectivity index (χ1n) is 7.10. The van der Waals surface area contributed by atoms with Crippen molar-refractivity contribution in [1.82, 2.24) is 0 Å². The van der Waals surface area contributed by atoms with E-state index in [9.17, 15) is 18.5 Å². The van der Waals surface area contributed by atoms with Gasteiger partial charge in [0.1, 0.15) is 5.69 Å². The van der Waals surface area contributed by atoms with Crippen LogP contribution in [0.1, 0.15) is 11.1 Å². The number of primary sulfonamides is 1. The highest BCUT2D eigenvalue weighted by Crippen LogP contribution is 2.37. The van der Waals surface area contributed by atoms with Crippen molar-refractivity contribution in [1.29, 1.82) is 0 Å². The Morgan fingerprint density at radius 2 is 1.92 bits per heavy atom. The molecule has 1 aliphatic heterocycles. The topological polar surface area (TPSA) is 107 Å². The van der Waals surface area contributed by atoms with E-state index in [0.717, 1.165) is 17.2 Å². The molecule has 0 spiro atoms. The maximum absolute atomic E-state index is 11.7. The van der Waals surface area contributed by atoms with Crippen molar-refractivity contribution >= 4 is 33.0 Å². The number of nitro groups is 1. The third-order valence-electron chi connectivity index (χ3n) is 4.02. The molecule has 1 aliphatic rings. The van der Waals surface area contributed by atoms with Crippen LogP contribution in [-0.2, 0) is 23.0 Å². The van der Waals surface area contributed by atoms with Crippen LogP contribution in [0.3, 0.4) is 0 Å². The van der Waals surface area contributed by atoms with Crippen LogP contribution in [-0.4, -0.2) is 19.9 Å². The zero-order valence-corrected chi connectivity index (χ0v) is 14.0. The molecule has 9 heteroatoms. The Labute approximate surface area is 143 Å². The molecule has 3 rings (SSSR count). The molecule has 0 aromatic heterocycles. The fourth-order valence-electron chi connectivity index (χ4n) is 2.95. The third kappa shape index (κ3) is 2.95. The molecule has 2 aromatic rings. The number of halogens is 1.